The van der Waals surface area contributed by atoms with Crippen LogP contribution in [0.2, 0.25) is 0 Å². The highest BCUT2D eigenvalue weighted by Gasteiger charge is 2.59. The molecule has 4 rings (SSSR count). The van der Waals surface area contributed by atoms with Gasteiger partial charge in [0, 0.05) is 6.42 Å². The Morgan fingerprint density at radius 3 is 2.58 bits per heavy atom. The van der Waals surface area contributed by atoms with Gasteiger partial charge in [0.25, 0.3) is 0 Å². The first-order valence-electron chi connectivity index (χ1n) is 13.2. The fourth-order valence-corrected chi connectivity index (χ4v) is 8.88. The maximum atomic E-state index is 12.8. The highest BCUT2D eigenvalue weighted by Crippen LogP contribution is 2.67. The van der Waals surface area contributed by atoms with Gasteiger partial charge in [-0.2, -0.15) is 0 Å². The van der Waals surface area contributed by atoms with Gasteiger partial charge in [0.15, 0.2) is 0 Å². The van der Waals surface area contributed by atoms with Gasteiger partial charge in [-0.25, -0.2) is 4.79 Å². The SMILES string of the molecule is CC(C)CCC[C@@H](C)[C@H]1CC[C@H]2[C@@H]3CC=C4C[C@H](OC(=O)F)CC[C@]4(C)[C@H]3CC[C@]12C. The summed E-state index contributed by atoms with van der Waals surface area (Å²) in [6, 6.07) is 0. The largest absolute Gasteiger partial charge is 0.495 e. The minimum Gasteiger partial charge on any atom is -0.437 e. The van der Waals surface area contributed by atoms with Crippen molar-refractivity contribution in [1.82, 2.24) is 0 Å². The fraction of sp³-hybridized carbons (Fsp3) is 0.893. The fourth-order valence-electron chi connectivity index (χ4n) is 8.88. The lowest BCUT2D eigenvalue weighted by molar-refractivity contribution is -0.0590. The molecule has 3 fully saturated rings. The van der Waals surface area contributed by atoms with Gasteiger partial charge in [0.2, 0.25) is 0 Å². The van der Waals surface area contributed by atoms with Crippen LogP contribution in [0.15, 0.2) is 11.6 Å². The lowest BCUT2D eigenvalue weighted by atomic mass is 9.47. The summed E-state index contributed by atoms with van der Waals surface area (Å²) in [6.45, 7) is 12.3. The van der Waals surface area contributed by atoms with Gasteiger partial charge in [-0.1, -0.05) is 65.5 Å². The summed E-state index contributed by atoms with van der Waals surface area (Å²) < 4.78 is 17.7. The molecule has 0 aromatic rings. The van der Waals surface area contributed by atoms with Crippen molar-refractivity contribution in [2.75, 3.05) is 0 Å². The second-order valence-corrected chi connectivity index (χ2v) is 12.5. The van der Waals surface area contributed by atoms with E-state index in [0.29, 0.717) is 5.41 Å². The number of ether oxygens (including phenoxy) is 1. The third kappa shape index (κ3) is 4.24. The lowest BCUT2D eigenvalue weighted by Crippen LogP contribution is -2.51. The molecule has 0 unspecified atom stereocenters. The van der Waals surface area contributed by atoms with Crippen LogP contribution >= 0.6 is 0 Å². The molecule has 3 heteroatoms. The summed E-state index contributed by atoms with van der Waals surface area (Å²) in [5, 5.41) is 0. The van der Waals surface area contributed by atoms with Crippen LogP contribution in [0, 0.1) is 46.3 Å². The van der Waals surface area contributed by atoms with Gasteiger partial charge in [0.05, 0.1) is 0 Å². The van der Waals surface area contributed by atoms with E-state index in [1.54, 1.807) is 0 Å². The lowest BCUT2D eigenvalue weighted by Gasteiger charge is -2.58. The van der Waals surface area contributed by atoms with Gasteiger partial charge in [-0.3, -0.25) is 0 Å². The second-order valence-electron chi connectivity index (χ2n) is 12.5. The summed E-state index contributed by atoms with van der Waals surface area (Å²) in [4.78, 5) is 10.8. The summed E-state index contributed by atoms with van der Waals surface area (Å²) in [5.41, 5.74) is 2.19. The first-order valence-corrected chi connectivity index (χ1v) is 13.2. The highest BCUT2D eigenvalue weighted by atomic mass is 19.1. The minimum absolute atomic E-state index is 0.227. The van der Waals surface area contributed by atoms with Crippen molar-refractivity contribution in [3.63, 3.8) is 0 Å². The van der Waals surface area contributed by atoms with E-state index in [4.69, 9.17) is 4.74 Å². The number of rotatable bonds is 6. The van der Waals surface area contributed by atoms with Crippen LogP contribution in [0.5, 0.6) is 0 Å². The monoisotopic (exact) mass is 432 g/mol. The molecule has 0 saturated heterocycles. The van der Waals surface area contributed by atoms with Crippen LogP contribution in [0.4, 0.5) is 9.18 Å². The van der Waals surface area contributed by atoms with Crippen LogP contribution < -0.4 is 0 Å². The number of hydrogen-bond donors (Lipinski definition) is 0. The van der Waals surface area contributed by atoms with E-state index in [1.165, 1.54) is 56.9 Å². The molecule has 3 saturated carbocycles. The van der Waals surface area contributed by atoms with Crippen LogP contribution in [0.25, 0.3) is 0 Å². The molecule has 0 radical (unpaired) electrons. The Kier molecular flexibility index (Phi) is 6.63. The van der Waals surface area contributed by atoms with Crippen molar-refractivity contribution in [3.05, 3.63) is 11.6 Å². The molecular weight excluding hydrogens is 387 g/mol. The molecule has 8 atom stereocenters. The third-order valence-electron chi connectivity index (χ3n) is 10.5. The van der Waals surface area contributed by atoms with Crippen LogP contribution in [-0.2, 0) is 4.74 Å². The van der Waals surface area contributed by atoms with Crippen molar-refractivity contribution in [2.24, 2.45) is 46.3 Å². The van der Waals surface area contributed by atoms with Crippen molar-refractivity contribution in [3.8, 4) is 0 Å². The molecule has 0 spiro atoms. The van der Waals surface area contributed by atoms with E-state index in [9.17, 15) is 9.18 Å². The quantitative estimate of drug-likeness (QED) is 0.310. The van der Waals surface area contributed by atoms with Gasteiger partial charge >= 0.3 is 6.22 Å². The zero-order chi connectivity index (χ0) is 22.4. The Bertz CT molecular complexity index is 699. The summed E-state index contributed by atoms with van der Waals surface area (Å²) >= 11 is 0. The average molecular weight is 433 g/mol. The molecule has 0 aromatic carbocycles. The number of halogens is 1. The number of fused-ring (bicyclic) bond motifs is 5. The maximum absolute atomic E-state index is 12.8. The maximum Gasteiger partial charge on any atom is 0.495 e. The predicted molar refractivity (Wildman–Crippen MR) is 124 cm³/mol. The molecule has 4 aliphatic rings. The molecule has 0 amide bonds. The number of carbonyl (C=O) groups is 1. The Morgan fingerprint density at radius 1 is 1.10 bits per heavy atom. The molecule has 176 valence electrons. The van der Waals surface area contributed by atoms with E-state index in [0.717, 1.165) is 54.8 Å². The molecule has 0 N–H and O–H groups in total. The number of hydrogen-bond acceptors (Lipinski definition) is 2. The van der Waals surface area contributed by atoms with Gasteiger partial charge in [-0.15, -0.1) is 4.39 Å². The van der Waals surface area contributed by atoms with Crippen molar-refractivity contribution in [1.29, 1.82) is 0 Å². The zero-order valence-corrected chi connectivity index (χ0v) is 20.6. The molecule has 2 nitrogen and oxygen atoms in total. The molecule has 4 aliphatic carbocycles. The second kappa shape index (κ2) is 8.82. The normalized spacial score (nSPS) is 42.9. The third-order valence-corrected chi connectivity index (χ3v) is 10.5. The standard InChI is InChI=1S/C28H45FO2/c1-18(2)7-6-8-19(3)23-11-12-24-22-10-9-20-17-21(31-26(29)30)13-15-27(20,4)25(22)14-16-28(23,24)5/h9,18-19,21-25H,6-8,10-17H2,1-5H3/t19-,21-,22+,23-,24+,25+,27+,28-/m1/s1. The van der Waals surface area contributed by atoms with Crippen LogP contribution in [0.3, 0.4) is 0 Å². The van der Waals surface area contributed by atoms with Crippen molar-refractivity contribution >= 4 is 6.22 Å². The van der Waals surface area contributed by atoms with E-state index in [-0.39, 0.29) is 11.5 Å². The van der Waals surface area contributed by atoms with E-state index in [1.807, 2.05) is 0 Å². The van der Waals surface area contributed by atoms with Crippen LogP contribution in [0.1, 0.15) is 105 Å². The van der Waals surface area contributed by atoms with E-state index >= 15 is 0 Å². The van der Waals surface area contributed by atoms with Gasteiger partial charge < -0.3 is 4.74 Å². The summed E-state index contributed by atoms with van der Waals surface area (Å²) in [6.07, 6.45) is 14.1. The van der Waals surface area contributed by atoms with Gasteiger partial charge in [0.1, 0.15) is 6.10 Å². The average Bonchev–Trinajstić information content (AvgIpc) is 3.05. The molecule has 0 aliphatic heterocycles. The Labute approximate surface area is 189 Å². The van der Waals surface area contributed by atoms with Gasteiger partial charge in [-0.05, 0) is 91.3 Å². The molecule has 0 aromatic heterocycles. The van der Waals surface area contributed by atoms with Crippen molar-refractivity contribution < 1.29 is 13.9 Å². The smallest absolute Gasteiger partial charge is 0.437 e. The number of carbonyl (C=O) groups excluding carboxylic acids is 1. The molecule has 31 heavy (non-hydrogen) atoms. The van der Waals surface area contributed by atoms with Crippen molar-refractivity contribution in [2.45, 2.75) is 111 Å². The first kappa shape index (κ1) is 23.3. The zero-order valence-electron chi connectivity index (χ0n) is 20.6. The summed E-state index contributed by atoms with van der Waals surface area (Å²) in [5.74, 6) is 4.98. The van der Waals surface area contributed by atoms with E-state index in [2.05, 4.69) is 40.7 Å². The van der Waals surface area contributed by atoms with Crippen LogP contribution in [-0.4, -0.2) is 12.3 Å². The first-order chi connectivity index (χ1) is 14.6. The minimum atomic E-state index is -1.61. The predicted octanol–water partition coefficient (Wildman–Crippen LogP) is 8.50. The molecular formula is C28H45FO2. The highest BCUT2D eigenvalue weighted by molar-refractivity contribution is 5.58. The topological polar surface area (TPSA) is 26.3 Å². The Hall–Kier alpha value is -0.860. The molecule has 0 bridgehead atoms. The number of allylic oxidation sites excluding steroid dienone is 1. The molecule has 0 heterocycles. The Balaban J connectivity index is 1.47. The summed E-state index contributed by atoms with van der Waals surface area (Å²) in [7, 11) is 0. The van der Waals surface area contributed by atoms with E-state index < -0.39 is 6.22 Å². The Morgan fingerprint density at radius 2 is 1.87 bits per heavy atom.